The minimum Gasteiger partial charge on any atom is -0.478 e. The Labute approximate surface area is 311 Å². The summed E-state index contributed by atoms with van der Waals surface area (Å²) in [5.74, 6) is 5.92. The number of aliphatic imine (C=N–C) groups is 1. The van der Waals surface area contributed by atoms with Gasteiger partial charge in [0.05, 0.1) is 24.2 Å². The maximum atomic E-state index is 13.9. The van der Waals surface area contributed by atoms with Crippen LogP contribution in [-0.4, -0.2) is 86.8 Å². The zero-order valence-corrected chi connectivity index (χ0v) is 31.5. The number of amides is 2. The first-order valence-corrected chi connectivity index (χ1v) is 18.1. The van der Waals surface area contributed by atoms with Crippen molar-refractivity contribution >= 4 is 52.3 Å². The third-order valence-corrected chi connectivity index (χ3v) is 10.3. The Balaban J connectivity index is 1.18. The van der Waals surface area contributed by atoms with Crippen LogP contribution in [0.1, 0.15) is 82.4 Å². The number of aryl methyl sites for hydroxylation is 2. The summed E-state index contributed by atoms with van der Waals surface area (Å²) >= 11 is 7.91. The van der Waals surface area contributed by atoms with Crippen molar-refractivity contribution in [1.29, 1.82) is 0 Å². The topological polar surface area (TPSA) is 142 Å². The molecule has 0 saturated carbocycles. The number of carboxylic acid groups (broad SMARTS) is 1. The van der Waals surface area contributed by atoms with Gasteiger partial charge in [0.15, 0.2) is 5.82 Å². The number of aromatic carboxylic acids is 1. The van der Waals surface area contributed by atoms with Crippen LogP contribution in [0.15, 0.2) is 47.5 Å². The van der Waals surface area contributed by atoms with Gasteiger partial charge in [0.2, 0.25) is 5.91 Å². The Kier molecular flexibility index (Phi) is 10.4. The number of ether oxygens (including phenoxy) is 1. The monoisotopic (exact) mass is 741 g/mol. The van der Waals surface area contributed by atoms with Crippen LogP contribution in [0.4, 0.5) is 10.5 Å². The summed E-state index contributed by atoms with van der Waals surface area (Å²) in [7, 11) is 0. The number of carboxylic acids is 1. The van der Waals surface area contributed by atoms with Gasteiger partial charge in [-0.2, -0.15) is 0 Å². The predicted octanol–water partition coefficient (Wildman–Crippen LogP) is 6.11. The molecule has 2 aromatic carbocycles. The SMILES string of the molecule is Cc1sc2c(c1C)C(c1ccc(Cl)cc1)=N[C@@H](CC(=O)N1CCN(c3ccc(C(=O)O)c(C#CCNC(=O)OC(C)(C)C)c3)CC1)c1nnc(C)n1-2. The highest BCUT2D eigenvalue weighted by molar-refractivity contribution is 7.15. The molecule has 6 rings (SSSR count). The van der Waals surface area contributed by atoms with E-state index >= 15 is 0 Å². The second-order valence-electron chi connectivity index (χ2n) is 13.7. The number of carbonyl (C=O) groups is 3. The molecular weight excluding hydrogens is 702 g/mol. The second kappa shape index (κ2) is 14.8. The largest absolute Gasteiger partial charge is 0.478 e. The van der Waals surface area contributed by atoms with Crippen LogP contribution in [0.2, 0.25) is 5.02 Å². The number of hydrogen-bond donors (Lipinski definition) is 2. The third-order valence-electron chi connectivity index (χ3n) is 8.90. The van der Waals surface area contributed by atoms with E-state index in [-0.39, 0.29) is 24.4 Å². The molecule has 2 amide bonds. The van der Waals surface area contributed by atoms with Crippen molar-refractivity contribution in [2.75, 3.05) is 37.6 Å². The number of alkyl carbamates (subject to hydrolysis) is 1. The quantitative estimate of drug-likeness (QED) is 0.226. The number of hydrogen-bond acceptors (Lipinski definition) is 9. The summed E-state index contributed by atoms with van der Waals surface area (Å²) in [6.45, 7) is 13.4. The van der Waals surface area contributed by atoms with E-state index in [1.165, 1.54) is 10.9 Å². The van der Waals surface area contributed by atoms with Crippen LogP contribution in [-0.2, 0) is 9.53 Å². The minimum absolute atomic E-state index is 0.00539. The third kappa shape index (κ3) is 7.83. The lowest BCUT2D eigenvalue weighted by Gasteiger charge is -2.36. The maximum absolute atomic E-state index is 13.9. The molecule has 1 saturated heterocycles. The van der Waals surface area contributed by atoms with Gasteiger partial charge in [0.25, 0.3) is 0 Å². The van der Waals surface area contributed by atoms with Crippen LogP contribution in [0, 0.1) is 32.6 Å². The van der Waals surface area contributed by atoms with Crippen molar-refractivity contribution in [2.45, 2.75) is 59.6 Å². The average Bonchev–Trinajstić information content (AvgIpc) is 3.57. The Morgan fingerprint density at radius 1 is 1.04 bits per heavy atom. The first-order valence-electron chi connectivity index (χ1n) is 16.9. The fourth-order valence-electron chi connectivity index (χ4n) is 6.23. The minimum atomic E-state index is -1.10. The summed E-state index contributed by atoms with van der Waals surface area (Å²) in [5, 5.41) is 22.9. The summed E-state index contributed by atoms with van der Waals surface area (Å²) in [6, 6.07) is 12.1. The van der Waals surface area contributed by atoms with Gasteiger partial charge < -0.3 is 25.0 Å². The van der Waals surface area contributed by atoms with E-state index in [4.69, 9.17) is 21.3 Å². The number of benzene rings is 2. The van der Waals surface area contributed by atoms with Crippen molar-refractivity contribution < 1.29 is 24.2 Å². The number of carbonyl (C=O) groups excluding carboxylic acids is 2. The molecule has 1 atom stereocenters. The lowest BCUT2D eigenvalue weighted by atomic mass is 9.99. The maximum Gasteiger partial charge on any atom is 0.408 e. The molecule has 0 bridgehead atoms. The molecule has 2 aliphatic heterocycles. The molecule has 4 heterocycles. The van der Waals surface area contributed by atoms with Crippen molar-refractivity contribution in [2.24, 2.45) is 4.99 Å². The lowest BCUT2D eigenvalue weighted by molar-refractivity contribution is -0.131. The van der Waals surface area contributed by atoms with Gasteiger partial charge in [-0.1, -0.05) is 35.6 Å². The average molecular weight is 742 g/mol. The van der Waals surface area contributed by atoms with Gasteiger partial charge in [-0.3, -0.25) is 14.4 Å². The summed E-state index contributed by atoms with van der Waals surface area (Å²) in [4.78, 5) is 48.2. The fourth-order valence-corrected chi connectivity index (χ4v) is 7.57. The van der Waals surface area contributed by atoms with Crippen LogP contribution < -0.4 is 10.2 Å². The van der Waals surface area contributed by atoms with Crippen molar-refractivity contribution in [3.8, 4) is 16.8 Å². The Hall–Kier alpha value is -5.19. The molecule has 0 spiro atoms. The smallest absolute Gasteiger partial charge is 0.408 e. The number of aromatic nitrogens is 3. The van der Waals surface area contributed by atoms with Crippen LogP contribution in [0.25, 0.3) is 5.00 Å². The standard InChI is InChI=1S/C38H40ClN7O5S/c1-22-23(2)52-35-32(22)33(25-9-11-27(39)12-10-25)41-30(34-43-42-24(3)46(34)35)21-31(47)45-18-16-44(17-19-45)28-13-14-29(36(48)49)26(20-28)8-7-15-40-37(50)51-38(4,5)6/h9-14,20,30H,15-19,21H2,1-6H3,(H,40,50)(H,48,49)/t30-/m0/s1. The van der Waals surface area contributed by atoms with E-state index in [9.17, 15) is 19.5 Å². The first kappa shape index (κ1) is 36.6. The van der Waals surface area contributed by atoms with Gasteiger partial charge >= 0.3 is 12.1 Å². The number of rotatable bonds is 6. The molecule has 4 aromatic rings. The van der Waals surface area contributed by atoms with E-state index < -0.39 is 23.7 Å². The van der Waals surface area contributed by atoms with Crippen molar-refractivity contribution in [3.63, 3.8) is 0 Å². The molecule has 1 fully saturated rings. The number of fused-ring (bicyclic) bond motifs is 3. The van der Waals surface area contributed by atoms with Crippen LogP contribution in [0.3, 0.4) is 0 Å². The zero-order chi connectivity index (χ0) is 37.3. The molecule has 2 aromatic heterocycles. The molecule has 0 unspecified atom stereocenters. The highest BCUT2D eigenvalue weighted by Crippen LogP contribution is 2.40. The molecule has 2 aliphatic rings. The van der Waals surface area contributed by atoms with Gasteiger partial charge in [-0.25, -0.2) is 9.59 Å². The molecule has 2 N–H and O–H groups in total. The van der Waals surface area contributed by atoms with Gasteiger partial charge in [0.1, 0.15) is 22.5 Å². The summed E-state index contributed by atoms with van der Waals surface area (Å²) < 4.78 is 7.26. The molecule has 0 radical (unpaired) electrons. The summed E-state index contributed by atoms with van der Waals surface area (Å²) in [5.41, 5.74) is 4.38. The fraction of sp³-hybridized carbons (Fsp3) is 0.368. The molecule has 52 heavy (non-hydrogen) atoms. The number of halogens is 1. The zero-order valence-electron chi connectivity index (χ0n) is 29.9. The predicted molar refractivity (Wildman–Crippen MR) is 201 cm³/mol. The van der Waals surface area contributed by atoms with Gasteiger partial charge in [-0.05, 0) is 77.4 Å². The highest BCUT2D eigenvalue weighted by atomic mass is 35.5. The first-order chi connectivity index (χ1) is 24.7. The molecule has 12 nitrogen and oxygen atoms in total. The normalized spacial score (nSPS) is 15.4. The van der Waals surface area contributed by atoms with Gasteiger partial charge in [0, 0.05) is 58.5 Å². The van der Waals surface area contributed by atoms with E-state index in [1.54, 1.807) is 44.2 Å². The lowest BCUT2D eigenvalue weighted by Crippen LogP contribution is -2.49. The van der Waals surface area contributed by atoms with Crippen molar-refractivity contribution in [3.05, 3.63) is 91.8 Å². The van der Waals surface area contributed by atoms with E-state index in [2.05, 4.69) is 46.1 Å². The van der Waals surface area contributed by atoms with E-state index in [1.807, 2.05) is 40.7 Å². The molecule has 0 aliphatic carbocycles. The Morgan fingerprint density at radius 2 is 1.75 bits per heavy atom. The second-order valence-corrected chi connectivity index (χ2v) is 15.3. The van der Waals surface area contributed by atoms with Crippen LogP contribution in [0.5, 0.6) is 0 Å². The van der Waals surface area contributed by atoms with E-state index in [0.717, 1.165) is 38.9 Å². The molecule has 270 valence electrons. The highest BCUT2D eigenvalue weighted by Gasteiger charge is 2.34. The number of anilines is 1. The number of nitrogens with one attached hydrogen (secondary N) is 1. The number of thiophene rings is 1. The molecular formula is C38H40ClN7O5S. The number of piperazine rings is 1. The summed E-state index contributed by atoms with van der Waals surface area (Å²) in [6.07, 6.45) is -0.486. The van der Waals surface area contributed by atoms with Crippen LogP contribution >= 0.6 is 22.9 Å². The Morgan fingerprint density at radius 3 is 2.42 bits per heavy atom. The Bertz CT molecular complexity index is 2130. The van der Waals surface area contributed by atoms with Crippen molar-refractivity contribution in [1.82, 2.24) is 25.0 Å². The van der Waals surface area contributed by atoms with Gasteiger partial charge in [-0.15, -0.1) is 21.5 Å². The number of nitrogens with zero attached hydrogens (tertiary/aromatic N) is 6. The van der Waals surface area contributed by atoms with E-state index in [0.29, 0.717) is 42.6 Å². The molecule has 14 heteroatoms.